The van der Waals surface area contributed by atoms with Crippen molar-refractivity contribution in [3.05, 3.63) is 23.2 Å². The number of β-amino-alcohol motifs (C(OH)–C–C–N with tert-alkyl or cyclic N) is 1. The summed E-state index contributed by atoms with van der Waals surface area (Å²) < 4.78 is 5.37. The Labute approximate surface area is 129 Å². The molecule has 1 amide bonds. The molecule has 6 heteroatoms. The Kier molecular flexibility index (Phi) is 5.45. The van der Waals surface area contributed by atoms with Crippen LogP contribution in [0.15, 0.2) is 18.2 Å². The van der Waals surface area contributed by atoms with Crippen LogP contribution in [-0.4, -0.2) is 43.4 Å². The number of anilines is 1. The molecule has 1 atom stereocenters. The first-order valence-electron chi connectivity index (χ1n) is 7.09. The van der Waals surface area contributed by atoms with E-state index in [9.17, 15) is 9.90 Å². The Morgan fingerprint density at radius 1 is 1.43 bits per heavy atom. The molecule has 0 fully saturated rings. The molecule has 2 N–H and O–H groups in total. The fourth-order valence-electron chi connectivity index (χ4n) is 2.19. The lowest BCUT2D eigenvalue weighted by Crippen LogP contribution is -2.45. The minimum absolute atomic E-state index is 0.0131. The monoisotopic (exact) mass is 312 g/mol. The second-order valence-electron chi connectivity index (χ2n) is 5.61. The zero-order valence-electron chi connectivity index (χ0n) is 12.3. The molecule has 21 heavy (non-hydrogen) atoms. The van der Waals surface area contributed by atoms with Gasteiger partial charge in [-0.25, -0.2) is 0 Å². The lowest BCUT2D eigenvalue weighted by atomic mass is 10.2. The fraction of sp³-hybridized carbons (Fsp3) is 0.533. The molecule has 1 aliphatic rings. The summed E-state index contributed by atoms with van der Waals surface area (Å²) in [4.78, 5) is 13.5. The van der Waals surface area contributed by atoms with Crippen LogP contribution in [0.3, 0.4) is 0 Å². The van der Waals surface area contributed by atoms with Gasteiger partial charge < -0.3 is 20.1 Å². The maximum atomic E-state index is 12.0. The van der Waals surface area contributed by atoms with Crippen LogP contribution in [0.2, 0.25) is 5.02 Å². The maximum Gasteiger partial charge on any atom is 0.265 e. The number of carbonyl (C=O) groups is 1. The van der Waals surface area contributed by atoms with Gasteiger partial charge in [0.1, 0.15) is 5.75 Å². The van der Waals surface area contributed by atoms with Crippen LogP contribution in [0.4, 0.5) is 5.69 Å². The van der Waals surface area contributed by atoms with E-state index in [4.69, 9.17) is 16.3 Å². The van der Waals surface area contributed by atoms with Gasteiger partial charge in [0.05, 0.1) is 18.3 Å². The number of aliphatic hydroxyl groups is 1. The number of hydrogen-bond donors (Lipinski definition) is 2. The molecule has 0 bridgehead atoms. The summed E-state index contributed by atoms with van der Waals surface area (Å²) in [5, 5.41) is 13.8. The smallest absolute Gasteiger partial charge is 0.265 e. The van der Waals surface area contributed by atoms with E-state index in [-0.39, 0.29) is 19.1 Å². The number of halogens is 1. The third kappa shape index (κ3) is 4.33. The summed E-state index contributed by atoms with van der Waals surface area (Å²) in [6.45, 7) is 5.68. The molecule has 2 rings (SSSR count). The minimum Gasteiger partial charge on any atom is -0.482 e. The molecular weight excluding hydrogens is 292 g/mol. The number of amides is 1. The fourth-order valence-corrected chi connectivity index (χ4v) is 2.36. The van der Waals surface area contributed by atoms with Gasteiger partial charge in [-0.15, -0.1) is 0 Å². The molecule has 1 aliphatic heterocycles. The highest BCUT2D eigenvalue weighted by molar-refractivity contribution is 6.31. The first-order chi connectivity index (χ1) is 9.97. The summed E-state index contributed by atoms with van der Waals surface area (Å²) in [5.41, 5.74) is 0.613. The highest BCUT2D eigenvalue weighted by atomic mass is 35.5. The van der Waals surface area contributed by atoms with Crippen molar-refractivity contribution in [1.82, 2.24) is 5.32 Å². The Morgan fingerprint density at radius 2 is 2.19 bits per heavy atom. The lowest BCUT2D eigenvalue weighted by molar-refractivity contribution is -0.121. The Balaban J connectivity index is 2.02. The van der Waals surface area contributed by atoms with Crippen molar-refractivity contribution in [2.45, 2.75) is 20.0 Å². The van der Waals surface area contributed by atoms with E-state index >= 15 is 0 Å². The topological polar surface area (TPSA) is 61.8 Å². The zero-order chi connectivity index (χ0) is 15.4. The number of fused-ring (bicyclic) bond motifs is 1. The van der Waals surface area contributed by atoms with Gasteiger partial charge in [-0.05, 0) is 30.7 Å². The number of hydrogen-bond acceptors (Lipinski definition) is 4. The van der Waals surface area contributed by atoms with Gasteiger partial charge >= 0.3 is 0 Å². The number of benzene rings is 1. The van der Waals surface area contributed by atoms with Crippen LogP contribution in [0, 0.1) is 5.92 Å². The number of aliphatic hydroxyl groups excluding tert-OH is 1. The second kappa shape index (κ2) is 7.11. The van der Waals surface area contributed by atoms with Crippen LogP contribution in [0.1, 0.15) is 13.8 Å². The number of nitrogens with zero attached hydrogens (tertiary/aromatic N) is 1. The Morgan fingerprint density at radius 3 is 2.90 bits per heavy atom. The molecule has 0 spiro atoms. The van der Waals surface area contributed by atoms with Crippen LogP contribution < -0.4 is 15.0 Å². The number of nitrogens with one attached hydrogen (secondary N) is 1. The molecule has 0 aromatic heterocycles. The molecular formula is C15H21ClN2O3. The molecule has 1 aromatic rings. The standard InChI is InChI=1S/C15H21ClN2O3/c1-10(2)6-17-7-12(19)8-18-13-5-11(16)3-4-14(13)21-9-15(18)20/h3-5,10,12,17,19H,6-9H2,1-2H3. The van der Waals surface area contributed by atoms with Crippen molar-refractivity contribution in [3.63, 3.8) is 0 Å². The second-order valence-corrected chi connectivity index (χ2v) is 6.05. The first kappa shape index (κ1) is 16.1. The summed E-state index contributed by atoms with van der Waals surface area (Å²) >= 11 is 5.98. The van der Waals surface area contributed by atoms with Gasteiger partial charge in [-0.1, -0.05) is 25.4 Å². The highest BCUT2D eigenvalue weighted by Crippen LogP contribution is 2.34. The van der Waals surface area contributed by atoms with Crippen molar-refractivity contribution in [2.75, 3.05) is 31.1 Å². The Hall–Kier alpha value is -1.30. The normalized spacial score (nSPS) is 15.9. The molecule has 0 saturated heterocycles. The molecule has 0 aliphatic carbocycles. The van der Waals surface area contributed by atoms with Crippen LogP contribution in [0.5, 0.6) is 5.75 Å². The third-order valence-electron chi connectivity index (χ3n) is 3.19. The quantitative estimate of drug-likeness (QED) is 0.839. The van der Waals surface area contributed by atoms with Crippen molar-refractivity contribution in [1.29, 1.82) is 0 Å². The average Bonchev–Trinajstić information content (AvgIpc) is 2.42. The van der Waals surface area contributed by atoms with Gasteiger partial charge in [0.25, 0.3) is 5.91 Å². The van der Waals surface area contributed by atoms with E-state index in [1.807, 2.05) is 0 Å². The van der Waals surface area contributed by atoms with Crippen LogP contribution in [0.25, 0.3) is 0 Å². The Bertz CT molecular complexity index is 508. The van der Waals surface area contributed by atoms with Gasteiger partial charge in [-0.3, -0.25) is 4.79 Å². The van der Waals surface area contributed by atoms with E-state index in [2.05, 4.69) is 19.2 Å². The molecule has 5 nitrogen and oxygen atoms in total. The van der Waals surface area contributed by atoms with Crippen molar-refractivity contribution < 1.29 is 14.6 Å². The van der Waals surface area contributed by atoms with Crippen molar-refractivity contribution >= 4 is 23.2 Å². The van der Waals surface area contributed by atoms with E-state index in [0.29, 0.717) is 28.9 Å². The zero-order valence-corrected chi connectivity index (χ0v) is 13.1. The van der Waals surface area contributed by atoms with Crippen molar-refractivity contribution in [3.8, 4) is 5.75 Å². The number of carbonyl (C=O) groups excluding carboxylic acids is 1. The van der Waals surface area contributed by atoms with Gasteiger partial charge in [-0.2, -0.15) is 0 Å². The summed E-state index contributed by atoms with van der Waals surface area (Å²) in [6.07, 6.45) is -0.641. The maximum absolute atomic E-state index is 12.0. The largest absolute Gasteiger partial charge is 0.482 e. The third-order valence-corrected chi connectivity index (χ3v) is 3.42. The molecule has 0 saturated carbocycles. The van der Waals surface area contributed by atoms with E-state index in [1.54, 1.807) is 18.2 Å². The summed E-state index contributed by atoms with van der Waals surface area (Å²) in [5.74, 6) is 0.954. The predicted octanol–water partition coefficient (Wildman–Crippen LogP) is 1.67. The van der Waals surface area contributed by atoms with Gasteiger partial charge in [0.15, 0.2) is 6.61 Å². The lowest BCUT2D eigenvalue weighted by Gasteiger charge is -2.31. The minimum atomic E-state index is -0.641. The number of ether oxygens (including phenoxy) is 1. The molecule has 1 heterocycles. The van der Waals surface area contributed by atoms with E-state index in [1.165, 1.54) is 4.90 Å². The molecule has 1 unspecified atom stereocenters. The van der Waals surface area contributed by atoms with E-state index in [0.717, 1.165) is 6.54 Å². The van der Waals surface area contributed by atoms with E-state index < -0.39 is 6.10 Å². The summed E-state index contributed by atoms with van der Waals surface area (Å²) in [7, 11) is 0. The van der Waals surface area contributed by atoms with Gasteiger partial charge in [0.2, 0.25) is 0 Å². The number of rotatable bonds is 6. The van der Waals surface area contributed by atoms with Crippen LogP contribution >= 0.6 is 11.6 Å². The predicted molar refractivity (Wildman–Crippen MR) is 83.0 cm³/mol. The van der Waals surface area contributed by atoms with Gasteiger partial charge in [0, 0.05) is 11.6 Å². The van der Waals surface area contributed by atoms with Crippen molar-refractivity contribution in [2.24, 2.45) is 5.92 Å². The van der Waals surface area contributed by atoms with Crippen LogP contribution in [-0.2, 0) is 4.79 Å². The highest BCUT2D eigenvalue weighted by Gasteiger charge is 2.27. The molecule has 0 radical (unpaired) electrons. The SMILES string of the molecule is CC(C)CNCC(O)CN1C(=O)COc2ccc(Cl)cc21. The molecule has 116 valence electrons. The molecule has 1 aromatic carbocycles. The first-order valence-corrected chi connectivity index (χ1v) is 7.46. The average molecular weight is 313 g/mol. The summed E-state index contributed by atoms with van der Waals surface area (Å²) in [6, 6.07) is 5.14.